The molecule has 1 fully saturated rings. The van der Waals surface area contributed by atoms with Crippen molar-refractivity contribution in [3.63, 3.8) is 0 Å². The highest BCUT2D eigenvalue weighted by molar-refractivity contribution is 7.89. The lowest BCUT2D eigenvalue weighted by Crippen LogP contribution is -2.48. The summed E-state index contributed by atoms with van der Waals surface area (Å²) in [5.41, 5.74) is 1.85. The molecule has 3 heterocycles. The Hall–Kier alpha value is -2.38. The second-order valence-electron chi connectivity index (χ2n) is 6.38. The van der Waals surface area contributed by atoms with Crippen LogP contribution in [0.15, 0.2) is 59.8 Å². The smallest absolute Gasteiger partial charge is 0.245 e. The molecule has 0 spiro atoms. The predicted octanol–water partition coefficient (Wildman–Crippen LogP) is 2.57. The molecule has 0 radical (unpaired) electrons. The van der Waals surface area contributed by atoms with Crippen LogP contribution < -0.4 is 4.90 Å². The van der Waals surface area contributed by atoms with Gasteiger partial charge in [0.2, 0.25) is 10.0 Å². The van der Waals surface area contributed by atoms with Crippen molar-refractivity contribution in [3.05, 3.63) is 54.9 Å². The standard InChI is InChI=1S/C19H22N4O2S/c1-2-21-15-18(17-9-6-10-20-19(17)21)26(24,25)23-13-11-22(12-14-23)16-7-4-3-5-8-16/h3-10,15H,2,11-14H2,1H3. The molecule has 0 saturated carbocycles. The molecule has 0 amide bonds. The number of benzene rings is 1. The summed E-state index contributed by atoms with van der Waals surface area (Å²) < 4.78 is 30.0. The summed E-state index contributed by atoms with van der Waals surface area (Å²) >= 11 is 0. The Morgan fingerprint density at radius 3 is 2.42 bits per heavy atom. The number of piperazine rings is 1. The largest absolute Gasteiger partial charge is 0.369 e. The third kappa shape index (κ3) is 2.87. The molecular weight excluding hydrogens is 348 g/mol. The maximum Gasteiger partial charge on any atom is 0.245 e. The van der Waals surface area contributed by atoms with Crippen LogP contribution in [-0.2, 0) is 16.6 Å². The molecule has 4 rings (SSSR count). The predicted molar refractivity (Wildman–Crippen MR) is 103 cm³/mol. The van der Waals surface area contributed by atoms with Crippen molar-refractivity contribution in [1.82, 2.24) is 13.9 Å². The molecule has 2 aromatic heterocycles. The summed E-state index contributed by atoms with van der Waals surface area (Å²) in [5.74, 6) is 0. The number of rotatable bonds is 4. The molecule has 0 atom stereocenters. The molecule has 1 saturated heterocycles. The van der Waals surface area contributed by atoms with Crippen molar-refractivity contribution in [1.29, 1.82) is 0 Å². The Morgan fingerprint density at radius 2 is 1.73 bits per heavy atom. The molecule has 1 aliphatic rings. The van der Waals surface area contributed by atoms with E-state index in [1.165, 1.54) is 0 Å². The number of fused-ring (bicyclic) bond motifs is 1. The van der Waals surface area contributed by atoms with E-state index in [0.29, 0.717) is 43.0 Å². The van der Waals surface area contributed by atoms with E-state index < -0.39 is 10.0 Å². The van der Waals surface area contributed by atoms with Gasteiger partial charge in [-0.3, -0.25) is 0 Å². The second kappa shape index (κ2) is 6.74. The van der Waals surface area contributed by atoms with E-state index in [0.717, 1.165) is 11.3 Å². The number of aromatic nitrogens is 2. The molecule has 0 unspecified atom stereocenters. The Labute approximate surface area is 153 Å². The number of hydrogen-bond acceptors (Lipinski definition) is 4. The quantitative estimate of drug-likeness (QED) is 0.708. The fraction of sp³-hybridized carbons (Fsp3) is 0.316. The van der Waals surface area contributed by atoms with E-state index in [2.05, 4.69) is 22.0 Å². The van der Waals surface area contributed by atoms with Crippen LogP contribution in [0.5, 0.6) is 0 Å². The highest BCUT2D eigenvalue weighted by Gasteiger charge is 2.31. The number of sulfonamides is 1. The number of anilines is 1. The molecule has 0 bridgehead atoms. The van der Waals surface area contributed by atoms with Crippen molar-refractivity contribution in [2.24, 2.45) is 0 Å². The third-order valence-corrected chi connectivity index (χ3v) is 6.84. The second-order valence-corrected chi connectivity index (χ2v) is 8.29. The van der Waals surface area contributed by atoms with Gasteiger partial charge in [-0.2, -0.15) is 4.31 Å². The topological polar surface area (TPSA) is 58.4 Å². The minimum atomic E-state index is -3.54. The summed E-state index contributed by atoms with van der Waals surface area (Å²) in [7, 11) is -3.54. The van der Waals surface area contributed by atoms with Crippen molar-refractivity contribution in [2.75, 3.05) is 31.1 Å². The van der Waals surface area contributed by atoms with Gasteiger partial charge < -0.3 is 9.47 Å². The van der Waals surface area contributed by atoms with Gasteiger partial charge in [-0.15, -0.1) is 0 Å². The van der Waals surface area contributed by atoms with Gasteiger partial charge in [0.15, 0.2) is 0 Å². The average molecular weight is 370 g/mol. The lowest BCUT2D eigenvalue weighted by atomic mass is 10.2. The lowest BCUT2D eigenvalue weighted by molar-refractivity contribution is 0.385. The van der Waals surface area contributed by atoms with Crippen molar-refractivity contribution >= 4 is 26.7 Å². The van der Waals surface area contributed by atoms with Crippen LogP contribution in [0, 0.1) is 0 Å². The van der Waals surface area contributed by atoms with Crippen molar-refractivity contribution in [3.8, 4) is 0 Å². The van der Waals surface area contributed by atoms with E-state index in [9.17, 15) is 8.42 Å². The number of hydrogen-bond donors (Lipinski definition) is 0. The summed E-state index contributed by atoms with van der Waals surface area (Å²) in [6.45, 7) is 5.02. The minimum Gasteiger partial charge on any atom is -0.369 e. The van der Waals surface area contributed by atoms with Gasteiger partial charge >= 0.3 is 0 Å². The van der Waals surface area contributed by atoms with Gasteiger partial charge in [0.25, 0.3) is 0 Å². The van der Waals surface area contributed by atoms with Crippen LogP contribution in [0.25, 0.3) is 11.0 Å². The molecule has 7 heteroatoms. The van der Waals surface area contributed by atoms with Crippen LogP contribution in [0.1, 0.15) is 6.92 Å². The van der Waals surface area contributed by atoms with Crippen LogP contribution in [0.4, 0.5) is 5.69 Å². The summed E-state index contributed by atoms with van der Waals surface area (Å²) in [6.07, 6.45) is 3.42. The number of pyridine rings is 1. The fourth-order valence-corrected chi connectivity index (χ4v) is 5.12. The zero-order chi connectivity index (χ0) is 18.1. The first-order valence-electron chi connectivity index (χ1n) is 8.85. The monoisotopic (exact) mass is 370 g/mol. The fourth-order valence-electron chi connectivity index (χ4n) is 3.50. The average Bonchev–Trinajstić information content (AvgIpc) is 3.08. The zero-order valence-corrected chi connectivity index (χ0v) is 15.6. The molecule has 3 aromatic rings. The molecule has 6 nitrogen and oxygen atoms in total. The summed E-state index contributed by atoms with van der Waals surface area (Å²) in [5, 5.41) is 0.694. The molecule has 136 valence electrons. The van der Waals surface area contributed by atoms with Crippen molar-refractivity contribution in [2.45, 2.75) is 18.4 Å². The van der Waals surface area contributed by atoms with E-state index in [1.807, 2.05) is 35.8 Å². The zero-order valence-electron chi connectivity index (χ0n) is 14.7. The normalized spacial score (nSPS) is 16.3. The van der Waals surface area contributed by atoms with Gasteiger partial charge in [0, 0.05) is 56.2 Å². The molecule has 0 N–H and O–H groups in total. The number of nitrogens with zero attached hydrogens (tertiary/aromatic N) is 4. The minimum absolute atomic E-state index is 0.357. The summed E-state index contributed by atoms with van der Waals surface area (Å²) in [6, 6.07) is 13.7. The van der Waals surface area contributed by atoms with Gasteiger partial charge in [0.05, 0.1) is 0 Å². The molecule has 26 heavy (non-hydrogen) atoms. The molecule has 1 aromatic carbocycles. The maximum atomic E-state index is 13.2. The Morgan fingerprint density at radius 1 is 1.00 bits per heavy atom. The van der Waals surface area contributed by atoms with Gasteiger partial charge in [0.1, 0.15) is 10.5 Å². The summed E-state index contributed by atoms with van der Waals surface area (Å²) in [4.78, 5) is 6.94. The Bertz CT molecular complexity index is 1010. The molecule has 0 aliphatic carbocycles. The van der Waals surface area contributed by atoms with E-state index >= 15 is 0 Å². The third-order valence-electron chi connectivity index (χ3n) is 4.92. The van der Waals surface area contributed by atoms with Crippen LogP contribution in [0.3, 0.4) is 0 Å². The number of para-hydroxylation sites is 1. The van der Waals surface area contributed by atoms with Crippen LogP contribution >= 0.6 is 0 Å². The van der Waals surface area contributed by atoms with Crippen molar-refractivity contribution < 1.29 is 8.42 Å². The Kier molecular flexibility index (Phi) is 4.42. The van der Waals surface area contributed by atoms with Crippen LogP contribution in [-0.4, -0.2) is 48.5 Å². The first-order valence-corrected chi connectivity index (χ1v) is 10.3. The lowest BCUT2D eigenvalue weighted by Gasteiger charge is -2.35. The number of aryl methyl sites for hydroxylation is 1. The van der Waals surface area contributed by atoms with Gasteiger partial charge in [-0.25, -0.2) is 13.4 Å². The van der Waals surface area contributed by atoms with Gasteiger partial charge in [-0.1, -0.05) is 18.2 Å². The van der Waals surface area contributed by atoms with E-state index in [-0.39, 0.29) is 0 Å². The SMILES string of the molecule is CCn1cc(S(=O)(=O)N2CCN(c3ccccc3)CC2)c2cccnc21. The highest BCUT2D eigenvalue weighted by Crippen LogP contribution is 2.28. The molecular formula is C19H22N4O2S. The van der Waals surface area contributed by atoms with Gasteiger partial charge in [-0.05, 0) is 31.2 Å². The molecule has 1 aliphatic heterocycles. The highest BCUT2D eigenvalue weighted by atomic mass is 32.2. The Balaban J connectivity index is 1.61. The van der Waals surface area contributed by atoms with E-state index in [4.69, 9.17) is 0 Å². The first kappa shape index (κ1) is 17.1. The first-order chi connectivity index (χ1) is 12.6. The van der Waals surface area contributed by atoms with E-state index in [1.54, 1.807) is 22.8 Å². The van der Waals surface area contributed by atoms with Crippen LogP contribution in [0.2, 0.25) is 0 Å². The maximum absolute atomic E-state index is 13.2.